The van der Waals surface area contributed by atoms with Crippen molar-refractivity contribution < 1.29 is 0 Å². The van der Waals surface area contributed by atoms with Crippen LogP contribution in [-0.4, -0.2) is 9.55 Å². The van der Waals surface area contributed by atoms with E-state index in [0.29, 0.717) is 28.8 Å². The fraction of sp³-hybridized carbons (Fsp3) is 0.118. The van der Waals surface area contributed by atoms with Gasteiger partial charge in [-0.25, -0.2) is 4.98 Å². The Bertz CT molecular complexity index is 919. The molecule has 1 aromatic heterocycles. The topological polar surface area (TPSA) is 58.7 Å². The first-order valence-electron chi connectivity index (χ1n) is 6.65. The molecule has 21 heavy (non-hydrogen) atoms. The number of nitrogens with zero attached hydrogens (tertiary/aromatic N) is 3. The number of hydrogen-bond donors (Lipinski definition) is 0. The van der Waals surface area contributed by atoms with Gasteiger partial charge >= 0.3 is 0 Å². The van der Waals surface area contributed by atoms with Crippen LogP contribution in [0.3, 0.4) is 0 Å². The molecule has 0 bridgehead atoms. The molecule has 0 saturated heterocycles. The third-order valence-corrected chi connectivity index (χ3v) is 3.52. The van der Waals surface area contributed by atoms with Crippen LogP contribution in [0.15, 0.2) is 53.3 Å². The second-order valence-corrected chi connectivity index (χ2v) is 4.84. The lowest BCUT2D eigenvalue weighted by molar-refractivity contribution is 0.711. The number of fused-ring (bicyclic) bond motifs is 1. The van der Waals surface area contributed by atoms with Gasteiger partial charge in [-0.05, 0) is 30.7 Å². The average molecular weight is 275 g/mol. The van der Waals surface area contributed by atoms with Crippen LogP contribution < -0.4 is 5.56 Å². The molecule has 102 valence electrons. The van der Waals surface area contributed by atoms with Crippen LogP contribution in [-0.2, 0) is 6.54 Å². The van der Waals surface area contributed by atoms with Gasteiger partial charge in [-0.3, -0.25) is 9.36 Å². The zero-order valence-corrected chi connectivity index (χ0v) is 11.6. The summed E-state index contributed by atoms with van der Waals surface area (Å²) >= 11 is 0. The molecule has 0 aliphatic rings. The maximum atomic E-state index is 12.6. The molecule has 4 nitrogen and oxygen atoms in total. The van der Waals surface area contributed by atoms with Gasteiger partial charge in [0, 0.05) is 0 Å². The highest BCUT2D eigenvalue weighted by Gasteiger charge is 2.09. The summed E-state index contributed by atoms with van der Waals surface area (Å²) in [5.74, 6) is 0.645. The SMILES string of the molecule is Cc1nc2ccccc2c(=O)n1Cc1ccccc1C#N. The third-order valence-electron chi connectivity index (χ3n) is 3.52. The molecule has 0 aliphatic heterocycles. The highest BCUT2D eigenvalue weighted by Crippen LogP contribution is 2.12. The van der Waals surface area contributed by atoms with Crippen LogP contribution in [0.25, 0.3) is 10.9 Å². The van der Waals surface area contributed by atoms with Crippen molar-refractivity contribution in [1.29, 1.82) is 5.26 Å². The molecule has 0 atom stereocenters. The molecule has 2 aromatic carbocycles. The summed E-state index contributed by atoms with van der Waals surface area (Å²) in [4.78, 5) is 17.1. The molecule has 4 heteroatoms. The highest BCUT2D eigenvalue weighted by molar-refractivity contribution is 5.77. The smallest absolute Gasteiger partial charge is 0.261 e. The number of benzene rings is 2. The first kappa shape index (κ1) is 13.1. The molecule has 0 spiro atoms. The Morgan fingerprint density at radius 2 is 1.86 bits per heavy atom. The molecule has 0 fully saturated rings. The summed E-state index contributed by atoms with van der Waals surface area (Å²) in [6.07, 6.45) is 0. The summed E-state index contributed by atoms with van der Waals surface area (Å²) in [7, 11) is 0. The normalized spacial score (nSPS) is 10.5. The van der Waals surface area contributed by atoms with Crippen LogP contribution in [0, 0.1) is 18.3 Å². The third kappa shape index (κ3) is 2.30. The van der Waals surface area contributed by atoms with E-state index < -0.39 is 0 Å². The average Bonchev–Trinajstić information content (AvgIpc) is 2.52. The zero-order chi connectivity index (χ0) is 14.8. The molecule has 0 N–H and O–H groups in total. The number of aryl methyl sites for hydroxylation is 1. The van der Waals surface area contributed by atoms with E-state index in [4.69, 9.17) is 5.26 Å². The molecular formula is C17H13N3O. The Hall–Kier alpha value is -2.93. The molecule has 0 amide bonds. The van der Waals surface area contributed by atoms with Crippen LogP contribution >= 0.6 is 0 Å². The number of rotatable bonds is 2. The van der Waals surface area contributed by atoms with Crippen molar-refractivity contribution in [2.45, 2.75) is 13.5 Å². The summed E-state index contributed by atoms with van der Waals surface area (Å²) in [5, 5.41) is 9.75. The van der Waals surface area contributed by atoms with Gasteiger partial charge < -0.3 is 0 Å². The van der Waals surface area contributed by atoms with Crippen LogP contribution in [0.1, 0.15) is 17.0 Å². The van der Waals surface area contributed by atoms with E-state index in [1.807, 2.05) is 43.3 Å². The van der Waals surface area contributed by atoms with E-state index >= 15 is 0 Å². The highest BCUT2D eigenvalue weighted by atomic mass is 16.1. The largest absolute Gasteiger partial charge is 0.292 e. The first-order valence-corrected chi connectivity index (χ1v) is 6.65. The minimum Gasteiger partial charge on any atom is -0.292 e. The summed E-state index contributed by atoms with van der Waals surface area (Å²) < 4.78 is 1.61. The van der Waals surface area contributed by atoms with Crippen molar-refractivity contribution in [1.82, 2.24) is 9.55 Å². The number of hydrogen-bond acceptors (Lipinski definition) is 3. The van der Waals surface area contributed by atoms with Crippen molar-refractivity contribution in [2.75, 3.05) is 0 Å². The number of aromatic nitrogens is 2. The van der Waals surface area contributed by atoms with Crippen molar-refractivity contribution in [3.8, 4) is 6.07 Å². The Labute approximate surface area is 121 Å². The minimum absolute atomic E-state index is 0.0779. The Balaban J connectivity index is 2.18. The lowest BCUT2D eigenvalue weighted by Crippen LogP contribution is -2.24. The van der Waals surface area contributed by atoms with Crippen molar-refractivity contribution in [3.05, 3.63) is 75.8 Å². The van der Waals surface area contributed by atoms with Crippen LogP contribution in [0.5, 0.6) is 0 Å². The predicted octanol–water partition coefficient (Wildman–Crippen LogP) is 2.62. The van der Waals surface area contributed by atoms with Gasteiger partial charge in [-0.2, -0.15) is 5.26 Å². The molecular weight excluding hydrogens is 262 g/mol. The molecule has 3 rings (SSSR count). The monoisotopic (exact) mass is 275 g/mol. The van der Waals surface area contributed by atoms with E-state index in [0.717, 1.165) is 5.56 Å². The second-order valence-electron chi connectivity index (χ2n) is 4.84. The maximum absolute atomic E-state index is 12.6. The summed E-state index contributed by atoms with van der Waals surface area (Å²) in [6, 6.07) is 16.8. The Morgan fingerprint density at radius 3 is 2.67 bits per heavy atom. The minimum atomic E-state index is -0.0779. The standard InChI is InChI=1S/C17H13N3O/c1-12-19-16-9-5-4-8-15(16)17(21)20(12)11-14-7-3-2-6-13(14)10-18/h2-9H,11H2,1H3. The first-order chi connectivity index (χ1) is 10.2. The molecule has 1 heterocycles. The Kier molecular flexibility index (Phi) is 3.25. The van der Waals surface area contributed by atoms with Gasteiger partial charge in [-0.15, -0.1) is 0 Å². The van der Waals surface area contributed by atoms with Gasteiger partial charge in [0.15, 0.2) is 0 Å². The Morgan fingerprint density at radius 1 is 1.14 bits per heavy atom. The molecule has 0 saturated carbocycles. The number of para-hydroxylation sites is 1. The van der Waals surface area contributed by atoms with Gasteiger partial charge in [0.25, 0.3) is 5.56 Å². The maximum Gasteiger partial charge on any atom is 0.261 e. The van der Waals surface area contributed by atoms with E-state index in [1.54, 1.807) is 16.7 Å². The molecule has 0 aliphatic carbocycles. The molecule has 3 aromatic rings. The fourth-order valence-corrected chi connectivity index (χ4v) is 2.40. The molecule has 0 radical (unpaired) electrons. The molecule has 0 unspecified atom stereocenters. The lowest BCUT2D eigenvalue weighted by Gasteiger charge is -2.11. The van der Waals surface area contributed by atoms with Gasteiger partial charge in [-0.1, -0.05) is 30.3 Å². The van der Waals surface area contributed by atoms with Crippen molar-refractivity contribution >= 4 is 10.9 Å². The van der Waals surface area contributed by atoms with Gasteiger partial charge in [0.2, 0.25) is 0 Å². The van der Waals surface area contributed by atoms with Crippen molar-refractivity contribution in [2.24, 2.45) is 0 Å². The van der Waals surface area contributed by atoms with E-state index in [9.17, 15) is 4.79 Å². The van der Waals surface area contributed by atoms with E-state index in [2.05, 4.69) is 11.1 Å². The summed E-state index contributed by atoms with van der Waals surface area (Å²) in [5.41, 5.74) is 2.02. The quantitative estimate of drug-likeness (QED) is 0.722. The van der Waals surface area contributed by atoms with Crippen LogP contribution in [0.4, 0.5) is 0 Å². The lowest BCUT2D eigenvalue weighted by atomic mass is 10.1. The summed E-state index contributed by atoms with van der Waals surface area (Å²) in [6.45, 7) is 2.16. The van der Waals surface area contributed by atoms with Gasteiger partial charge in [0.05, 0.1) is 29.1 Å². The zero-order valence-electron chi connectivity index (χ0n) is 11.6. The van der Waals surface area contributed by atoms with E-state index in [1.165, 1.54) is 0 Å². The van der Waals surface area contributed by atoms with Gasteiger partial charge in [0.1, 0.15) is 5.82 Å². The predicted molar refractivity (Wildman–Crippen MR) is 81.0 cm³/mol. The van der Waals surface area contributed by atoms with Crippen molar-refractivity contribution in [3.63, 3.8) is 0 Å². The fourth-order valence-electron chi connectivity index (χ4n) is 2.40. The van der Waals surface area contributed by atoms with Crippen LogP contribution in [0.2, 0.25) is 0 Å². The number of nitriles is 1. The van der Waals surface area contributed by atoms with E-state index in [-0.39, 0.29) is 5.56 Å². The second kappa shape index (κ2) is 5.22.